The minimum absolute atomic E-state index is 1.59. The SMILES string of the molecule is FC(F)(F)C1(C(F)(F)F)OC(F)(Br)C(F)(Br)O1. The van der Waals surface area contributed by atoms with Crippen LogP contribution in [-0.2, 0) is 9.47 Å². The molecule has 102 valence electrons. The molecule has 1 rings (SSSR count). The molecule has 0 amide bonds. The molecular formula is C5Br2F8O2. The molecule has 0 bridgehead atoms. The van der Waals surface area contributed by atoms with Gasteiger partial charge in [-0.05, 0) is 31.9 Å². The fourth-order valence-electron chi connectivity index (χ4n) is 0.893. The van der Waals surface area contributed by atoms with Crippen LogP contribution < -0.4 is 0 Å². The van der Waals surface area contributed by atoms with Crippen LogP contribution in [0.2, 0.25) is 0 Å². The Morgan fingerprint density at radius 3 is 1.06 bits per heavy atom. The molecule has 2 atom stereocenters. The highest BCUT2D eigenvalue weighted by Gasteiger charge is 2.85. The van der Waals surface area contributed by atoms with Gasteiger partial charge in [-0.2, -0.15) is 35.1 Å². The molecule has 2 unspecified atom stereocenters. The van der Waals surface area contributed by atoms with Crippen LogP contribution >= 0.6 is 31.9 Å². The Morgan fingerprint density at radius 2 is 0.941 bits per heavy atom. The van der Waals surface area contributed by atoms with E-state index in [2.05, 4.69) is 9.47 Å². The van der Waals surface area contributed by atoms with Gasteiger partial charge in [-0.3, -0.25) is 9.47 Å². The Morgan fingerprint density at radius 1 is 0.706 bits per heavy atom. The summed E-state index contributed by atoms with van der Waals surface area (Å²) in [6, 6.07) is 0. The van der Waals surface area contributed by atoms with Crippen molar-refractivity contribution >= 4 is 31.9 Å². The number of halogens is 10. The van der Waals surface area contributed by atoms with Gasteiger partial charge in [-0.25, -0.2) is 0 Å². The van der Waals surface area contributed by atoms with Crippen LogP contribution in [0.25, 0.3) is 0 Å². The lowest BCUT2D eigenvalue weighted by molar-refractivity contribution is -0.452. The van der Waals surface area contributed by atoms with Gasteiger partial charge in [0.15, 0.2) is 0 Å². The van der Waals surface area contributed by atoms with Gasteiger partial charge in [-0.15, -0.1) is 0 Å². The zero-order valence-corrected chi connectivity index (χ0v) is 10.3. The zero-order chi connectivity index (χ0) is 13.9. The summed E-state index contributed by atoms with van der Waals surface area (Å²) >= 11 is 3.18. The van der Waals surface area contributed by atoms with E-state index in [0.29, 0.717) is 0 Å². The van der Waals surface area contributed by atoms with Gasteiger partial charge in [0.25, 0.3) is 0 Å². The van der Waals surface area contributed by atoms with E-state index >= 15 is 0 Å². The van der Waals surface area contributed by atoms with E-state index in [4.69, 9.17) is 0 Å². The second-order valence-electron chi connectivity index (χ2n) is 2.85. The third-order valence-electron chi connectivity index (χ3n) is 1.63. The van der Waals surface area contributed by atoms with Crippen molar-refractivity contribution in [3.05, 3.63) is 0 Å². The smallest absolute Gasteiger partial charge is 0.283 e. The third kappa shape index (κ3) is 2.16. The van der Waals surface area contributed by atoms with E-state index in [9.17, 15) is 35.1 Å². The van der Waals surface area contributed by atoms with E-state index in [1.54, 1.807) is 31.9 Å². The first kappa shape index (κ1) is 15.4. The molecule has 0 N–H and O–H groups in total. The Labute approximate surface area is 104 Å². The monoisotopic (exact) mass is 402 g/mol. The molecule has 0 aromatic heterocycles. The molecule has 0 aromatic rings. The maximum atomic E-state index is 13.1. The van der Waals surface area contributed by atoms with Crippen LogP contribution in [0.4, 0.5) is 35.1 Å². The maximum Gasteiger partial charge on any atom is 0.453 e. The molecule has 1 saturated heterocycles. The Hall–Kier alpha value is 0.320. The van der Waals surface area contributed by atoms with Crippen molar-refractivity contribution in [1.29, 1.82) is 0 Å². The van der Waals surface area contributed by atoms with Crippen LogP contribution in [0, 0.1) is 0 Å². The third-order valence-corrected chi connectivity index (χ3v) is 3.50. The number of hydrogen-bond donors (Lipinski definition) is 0. The van der Waals surface area contributed by atoms with E-state index in [1.807, 2.05) is 0 Å². The second kappa shape index (κ2) is 3.67. The van der Waals surface area contributed by atoms with Crippen molar-refractivity contribution in [3.63, 3.8) is 0 Å². The molecule has 1 aliphatic heterocycles. The second-order valence-corrected chi connectivity index (χ2v) is 4.89. The fourth-order valence-corrected chi connectivity index (χ4v) is 1.51. The summed E-state index contributed by atoms with van der Waals surface area (Å²) in [4.78, 5) is 0. The zero-order valence-electron chi connectivity index (χ0n) is 7.10. The normalized spacial score (nSPS) is 38.5. The number of rotatable bonds is 0. The lowest BCUT2D eigenvalue weighted by atomic mass is 10.2. The van der Waals surface area contributed by atoms with Gasteiger partial charge >= 0.3 is 27.7 Å². The minimum atomic E-state index is -6.24. The van der Waals surface area contributed by atoms with Crippen molar-refractivity contribution in [2.24, 2.45) is 0 Å². The summed E-state index contributed by atoms with van der Waals surface area (Å²) in [6.45, 7) is 0. The van der Waals surface area contributed by atoms with Crippen LogP contribution in [0.3, 0.4) is 0 Å². The van der Waals surface area contributed by atoms with Crippen molar-refractivity contribution < 1.29 is 44.6 Å². The largest absolute Gasteiger partial charge is 0.453 e. The summed E-state index contributed by atoms with van der Waals surface area (Å²) in [6.07, 6.45) is -12.5. The van der Waals surface area contributed by atoms with Crippen LogP contribution in [0.1, 0.15) is 0 Å². The number of hydrogen-bond acceptors (Lipinski definition) is 2. The Bertz CT molecular complexity index is 289. The molecular weight excluding hydrogens is 404 g/mol. The number of ether oxygens (including phenoxy) is 2. The molecule has 17 heavy (non-hydrogen) atoms. The molecule has 1 heterocycles. The topological polar surface area (TPSA) is 18.5 Å². The van der Waals surface area contributed by atoms with Gasteiger partial charge < -0.3 is 0 Å². The highest BCUT2D eigenvalue weighted by Crippen LogP contribution is 2.62. The van der Waals surface area contributed by atoms with E-state index in [0.717, 1.165) is 0 Å². The molecule has 0 aromatic carbocycles. The lowest BCUT2D eigenvalue weighted by Crippen LogP contribution is -2.58. The van der Waals surface area contributed by atoms with Gasteiger partial charge in [-0.1, -0.05) is 0 Å². The fraction of sp³-hybridized carbons (Fsp3) is 1.00. The van der Waals surface area contributed by atoms with Crippen molar-refractivity contribution in [2.75, 3.05) is 0 Å². The first-order valence-corrected chi connectivity index (χ1v) is 5.04. The lowest BCUT2D eigenvalue weighted by Gasteiger charge is -2.30. The summed E-state index contributed by atoms with van der Waals surface area (Å²) in [5, 5.41) is 0. The quantitative estimate of drug-likeness (QED) is 0.451. The summed E-state index contributed by atoms with van der Waals surface area (Å²) in [5.41, 5.74) is 0. The Kier molecular flexibility index (Phi) is 3.32. The highest BCUT2D eigenvalue weighted by molar-refractivity contribution is 9.12. The van der Waals surface area contributed by atoms with E-state index in [1.165, 1.54) is 0 Å². The predicted molar refractivity (Wildman–Crippen MR) is 42.5 cm³/mol. The van der Waals surface area contributed by atoms with Gasteiger partial charge in [0.05, 0.1) is 0 Å². The molecule has 0 spiro atoms. The van der Waals surface area contributed by atoms with Gasteiger partial charge in [0, 0.05) is 0 Å². The first-order valence-electron chi connectivity index (χ1n) is 3.46. The maximum absolute atomic E-state index is 13.1. The van der Waals surface area contributed by atoms with Gasteiger partial charge in [0.1, 0.15) is 0 Å². The number of alkyl halides is 10. The van der Waals surface area contributed by atoms with E-state index < -0.39 is 27.7 Å². The standard InChI is InChI=1S/C5Br2F8O2/c6-2(8)3(7,9)17-1(16-2,4(10,11)12)5(13,14)15. The van der Waals surface area contributed by atoms with Gasteiger partial charge in [0.2, 0.25) is 0 Å². The van der Waals surface area contributed by atoms with Crippen molar-refractivity contribution in [1.82, 2.24) is 0 Å². The van der Waals surface area contributed by atoms with Crippen LogP contribution in [0.5, 0.6) is 0 Å². The minimum Gasteiger partial charge on any atom is -0.283 e. The molecule has 1 fully saturated rings. The molecule has 0 radical (unpaired) electrons. The summed E-state index contributed by atoms with van der Waals surface area (Å²) < 4.78 is 97.5. The average molecular weight is 404 g/mol. The average Bonchev–Trinajstić information content (AvgIpc) is 2.15. The molecule has 12 heteroatoms. The predicted octanol–water partition coefficient (Wildman–Crippen LogP) is 3.89. The summed E-state index contributed by atoms with van der Waals surface area (Å²) in [7, 11) is 0. The van der Waals surface area contributed by atoms with E-state index in [-0.39, 0.29) is 0 Å². The summed E-state index contributed by atoms with van der Waals surface area (Å²) in [5.74, 6) is -5.41. The van der Waals surface area contributed by atoms with Crippen LogP contribution in [-0.4, -0.2) is 27.7 Å². The van der Waals surface area contributed by atoms with Crippen molar-refractivity contribution in [3.8, 4) is 0 Å². The van der Waals surface area contributed by atoms with Crippen molar-refractivity contribution in [2.45, 2.75) is 27.7 Å². The first-order chi connectivity index (χ1) is 7.16. The van der Waals surface area contributed by atoms with Crippen LogP contribution in [0.15, 0.2) is 0 Å². The molecule has 0 saturated carbocycles. The molecule has 0 aliphatic carbocycles. The highest BCUT2D eigenvalue weighted by atomic mass is 79.9. The Balaban J connectivity index is 3.34. The molecule has 2 nitrogen and oxygen atoms in total. The molecule has 1 aliphatic rings.